The van der Waals surface area contributed by atoms with E-state index in [-0.39, 0.29) is 0 Å². The van der Waals surface area contributed by atoms with E-state index in [1.165, 1.54) is 16.0 Å². The molecule has 0 atom stereocenters. The Bertz CT molecular complexity index is 590. The van der Waals surface area contributed by atoms with Crippen molar-refractivity contribution in [3.8, 4) is 5.75 Å². The Morgan fingerprint density at radius 1 is 1.14 bits per heavy atom. The number of hydrogen-bond acceptors (Lipinski definition) is 3. The standard InChI is InChI=1S/C16H21N3OS/c1-12-8-9-21-15(12)11-19-16(17-2)18-10-13-4-6-14(20-3)7-5-13/h4-9H,10-11H2,1-3H3,(H2,17,18,19). The lowest BCUT2D eigenvalue weighted by molar-refractivity contribution is 0.414. The fourth-order valence-electron chi connectivity index (χ4n) is 1.90. The molecule has 0 saturated carbocycles. The highest BCUT2D eigenvalue weighted by Gasteiger charge is 2.02. The summed E-state index contributed by atoms with van der Waals surface area (Å²) in [6, 6.07) is 10.1. The van der Waals surface area contributed by atoms with Gasteiger partial charge in [0.2, 0.25) is 0 Å². The summed E-state index contributed by atoms with van der Waals surface area (Å²) in [4.78, 5) is 5.58. The van der Waals surface area contributed by atoms with Gasteiger partial charge in [-0.15, -0.1) is 11.3 Å². The second kappa shape index (κ2) is 7.69. The lowest BCUT2D eigenvalue weighted by Crippen LogP contribution is -2.36. The molecule has 4 nitrogen and oxygen atoms in total. The molecule has 5 heteroatoms. The number of hydrogen-bond donors (Lipinski definition) is 2. The lowest BCUT2D eigenvalue weighted by Gasteiger charge is -2.12. The molecule has 0 spiro atoms. The molecule has 21 heavy (non-hydrogen) atoms. The van der Waals surface area contributed by atoms with Crippen LogP contribution in [0.4, 0.5) is 0 Å². The summed E-state index contributed by atoms with van der Waals surface area (Å²) in [7, 11) is 3.45. The molecule has 0 saturated heterocycles. The van der Waals surface area contributed by atoms with Gasteiger partial charge in [-0.05, 0) is 41.6 Å². The summed E-state index contributed by atoms with van der Waals surface area (Å²) >= 11 is 1.76. The van der Waals surface area contributed by atoms with Crippen LogP contribution >= 0.6 is 11.3 Å². The monoisotopic (exact) mass is 303 g/mol. The second-order valence-electron chi connectivity index (χ2n) is 4.65. The molecule has 2 aromatic rings. The van der Waals surface area contributed by atoms with Crippen LogP contribution < -0.4 is 15.4 Å². The first-order chi connectivity index (χ1) is 10.2. The minimum absolute atomic E-state index is 0.729. The number of nitrogens with one attached hydrogen (secondary N) is 2. The number of thiophene rings is 1. The van der Waals surface area contributed by atoms with Crippen molar-refractivity contribution in [2.24, 2.45) is 4.99 Å². The van der Waals surface area contributed by atoms with Crippen LogP contribution in [0.3, 0.4) is 0 Å². The summed E-state index contributed by atoms with van der Waals surface area (Å²) in [5.74, 6) is 1.67. The second-order valence-corrected chi connectivity index (χ2v) is 5.65. The smallest absolute Gasteiger partial charge is 0.191 e. The van der Waals surface area contributed by atoms with Crippen molar-refractivity contribution in [1.29, 1.82) is 0 Å². The van der Waals surface area contributed by atoms with Crippen LogP contribution in [0, 0.1) is 6.92 Å². The van der Waals surface area contributed by atoms with Gasteiger partial charge in [-0.25, -0.2) is 0 Å². The highest BCUT2D eigenvalue weighted by Crippen LogP contribution is 2.14. The van der Waals surface area contributed by atoms with Crippen molar-refractivity contribution >= 4 is 17.3 Å². The zero-order valence-corrected chi connectivity index (χ0v) is 13.5. The lowest BCUT2D eigenvalue weighted by atomic mass is 10.2. The molecule has 0 radical (unpaired) electrons. The normalized spacial score (nSPS) is 11.3. The molecular weight excluding hydrogens is 282 g/mol. The number of aryl methyl sites for hydroxylation is 1. The quantitative estimate of drug-likeness (QED) is 0.659. The van der Waals surface area contributed by atoms with E-state index in [0.29, 0.717) is 0 Å². The molecule has 0 fully saturated rings. The first-order valence-electron chi connectivity index (χ1n) is 6.83. The van der Waals surface area contributed by atoms with Gasteiger partial charge in [0.1, 0.15) is 5.75 Å². The average molecular weight is 303 g/mol. The van der Waals surface area contributed by atoms with Gasteiger partial charge in [-0.3, -0.25) is 4.99 Å². The molecule has 0 amide bonds. The number of guanidine groups is 1. The first-order valence-corrected chi connectivity index (χ1v) is 7.71. The van der Waals surface area contributed by atoms with Gasteiger partial charge in [0.25, 0.3) is 0 Å². The molecular formula is C16H21N3OS. The molecule has 0 aliphatic carbocycles. The Hall–Kier alpha value is -2.01. The molecule has 0 aliphatic heterocycles. The maximum atomic E-state index is 5.15. The van der Waals surface area contributed by atoms with E-state index in [2.05, 4.69) is 34.0 Å². The van der Waals surface area contributed by atoms with E-state index >= 15 is 0 Å². The fraction of sp³-hybridized carbons (Fsp3) is 0.312. The minimum atomic E-state index is 0.729. The van der Waals surface area contributed by atoms with Crippen LogP contribution in [0.25, 0.3) is 0 Å². The van der Waals surface area contributed by atoms with E-state index in [0.717, 1.165) is 24.8 Å². The third-order valence-corrected chi connectivity index (χ3v) is 4.25. The number of ether oxygens (including phenoxy) is 1. The predicted octanol–water partition coefficient (Wildman–Crippen LogP) is 2.93. The molecule has 0 aliphatic rings. The van der Waals surface area contributed by atoms with Crippen LogP contribution in [0.15, 0.2) is 40.7 Å². The van der Waals surface area contributed by atoms with Crippen molar-refractivity contribution in [3.63, 3.8) is 0 Å². The SMILES string of the molecule is CN=C(NCc1ccc(OC)cc1)NCc1sccc1C. The summed E-state index contributed by atoms with van der Waals surface area (Å²) < 4.78 is 5.15. The van der Waals surface area contributed by atoms with Gasteiger partial charge in [-0.2, -0.15) is 0 Å². The van der Waals surface area contributed by atoms with Crippen LogP contribution in [0.5, 0.6) is 5.75 Å². The van der Waals surface area contributed by atoms with Crippen LogP contribution in [-0.4, -0.2) is 20.1 Å². The van der Waals surface area contributed by atoms with Gasteiger partial charge in [-0.1, -0.05) is 12.1 Å². The number of nitrogens with zero attached hydrogens (tertiary/aromatic N) is 1. The average Bonchev–Trinajstić information content (AvgIpc) is 2.93. The molecule has 1 aromatic heterocycles. The summed E-state index contributed by atoms with van der Waals surface area (Å²) in [5, 5.41) is 8.75. The largest absolute Gasteiger partial charge is 0.497 e. The number of rotatable bonds is 5. The number of methoxy groups -OCH3 is 1. The zero-order valence-electron chi connectivity index (χ0n) is 12.6. The number of benzene rings is 1. The topological polar surface area (TPSA) is 45.7 Å². The van der Waals surface area contributed by atoms with Crippen molar-refractivity contribution in [1.82, 2.24) is 10.6 Å². The zero-order chi connectivity index (χ0) is 15.1. The Kier molecular flexibility index (Phi) is 5.63. The molecule has 1 heterocycles. The van der Waals surface area contributed by atoms with Gasteiger partial charge >= 0.3 is 0 Å². The summed E-state index contributed by atoms with van der Waals surface area (Å²) in [6.45, 7) is 3.65. The van der Waals surface area contributed by atoms with Gasteiger partial charge in [0.05, 0.1) is 13.7 Å². The maximum Gasteiger partial charge on any atom is 0.191 e. The molecule has 0 unspecified atom stereocenters. The fourth-order valence-corrected chi connectivity index (χ4v) is 2.74. The molecule has 112 valence electrons. The maximum absolute atomic E-state index is 5.15. The van der Waals surface area contributed by atoms with E-state index in [1.807, 2.05) is 24.3 Å². The highest BCUT2D eigenvalue weighted by atomic mass is 32.1. The van der Waals surface area contributed by atoms with E-state index < -0.39 is 0 Å². The highest BCUT2D eigenvalue weighted by molar-refractivity contribution is 7.10. The third kappa shape index (κ3) is 4.49. The van der Waals surface area contributed by atoms with Crippen molar-refractivity contribution in [2.45, 2.75) is 20.0 Å². The first kappa shape index (κ1) is 15.4. The Labute approximate surface area is 129 Å². The van der Waals surface area contributed by atoms with Crippen LogP contribution in [0.2, 0.25) is 0 Å². The van der Waals surface area contributed by atoms with Crippen LogP contribution in [-0.2, 0) is 13.1 Å². The van der Waals surface area contributed by atoms with Crippen molar-refractivity contribution < 1.29 is 4.74 Å². The van der Waals surface area contributed by atoms with Gasteiger partial charge in [0.15, 0.2) is 5.96 Å². The molecule has 2 N–H and O–H groups in total. The van der Waals surface area contributed by atoms with Crippen LogP contribution in [0.1, 0.15) is 16.0 Å². The van der Waals surface area contributed by atoms with Crippen molar-refractivity contribution in [2.75, 3.05) is 14.2 Å². The molecule has 0 bridgehead atoms. The summed E-state index contributed by atoms with van der Waals surface area (Å²) in [5.41, 5.74) is 2.50. The van der Waals surface area contributed by atoms with Gasteiger partial charge < -0.3 is 15.4 Å². The molecule has 2 rings (SSSR count). The van der Waals surface area contributed by atoms with Gasteiger partial charge in [0, 0.05) is 18.5 Å². The van der Waals surface area contributed by atoms with Crippen molar-refractivity contribution in [3.05, 3.63) is 51.7 Å². The minimum Gasteiger partial charge on any atom is -0.497 e. The molecule has 1 aromatic carbocycles. The Balaban J connectivity index is 1.83. The number of aliphatic imine (C=N–C) groups is 1. The predicted molar refractivity (Wildman–Crippen MR) is 89.1 cm³/mol. The summed E-state index contributed by atoms with van der Waals surface area (Å²) in [6.07, 6.45) is 0. The van der Waals surface area contributed by atoms with E-state index in [1.54, 1.807) is 25.5 Å². The third-order valence-electron chi connectivity index (χ3n) is 3.23. The van der Waals surface area contributed by atoms with E-state index in [9.17, 15) is 0 Å². The Morgan fingerprint density at radius 3 is 2.43 bits per heavy atom. The van der Waals surface area contributed by atoms with E-state index in [4.69, 9.17) is 4.74 Å². The Morgan fingerprint density at radius 2 is 1.86 bits per heavy atom.